The van der Waals surface area contributed by atoms with E-state index in [0.717, 1.165) is 17.7 Å². The molecule has 21 heavy (non-hydrogen) atoms. The Hall–Kier alpha value is -1.66. The van der Waals surface area contributed by atoms with Crippen molar-refractivity contribution in [1.29, 1.82) is 0 Å². The van der Waals surface area contributed by atoms with Crippen molar-refractivity contribution < 1.29 is 14.3 Å². The maximum absolute atomic E-state index is 11.9. The molecule has 0 radical (unpaired) electrons. The van der Waals surface area contributed by atoms with E-state index in [1.807, 2.05) is 17.0 Å². The lowest BCUT2D eigenvalue weighted by molar-refractivity contribution is -0.122. The number of thiocarbonyl (C=S) groups is 1. The molecule has 0 saturated carbocycles. The molecule has 0 aromatic heterocycles. The predicted molar refractivity (Wildman–Crippen MR) is 82.3 cm³/mol. The number of hydrogen-bond acceptors (Lipinski definition) is 4. The Morgan fingerprint density at radius 2 is 2.38 bits per heavy atom. The maximum Gasteiger partial charge on any atom is 0.228 e. The summed E-state index contributed by atoms with van der Waals surface area (Å²) in [5, 5.41) is 3.19. The molecule has 1 N–H and O–H groups in total. The molecule has 2 aliphatic rings. The van der Waals surface area contributed by atoms with E-state index in [1.54, 1.807) is 7.11 Å². The van der Waals surface area contributed by atoms with Gasteiger partial charge in [0.25, 0.3) is 0 Å². The van der Waals surface area contributed by atoms with Gasteiger partial charge in [-0.2, -0.15) is 0 Å². The first-order valence-corrected chi connectivity index (χ1v) is 7.45. The summed E-state index contributed by atoms with van der Waals surface area (Å²) in [5.74, 6) is 0.872. The van der Waals surface area contributed by atoms with E-state index in [0.29, 0.717) is 31.3 Å². The highest BCUT2D eigenvalue weighted by Gasteiger charge is 2.34. The molecule has 112 valence electrons. The second-order valence-corrected chi connectivity index (χ2v) is 5.58. The van der Waals surface area contributed by atoms with Crippen LogP contribution in [0.2, 0.25) is 0 Å². The molecule has 3 rings (SSSR count). The minimum atomic E-state index is -0.0885. The fourth-order valence-electron chi connectivity index (χ4n) is 2.90. The molecule has 1 fully saturated rings. The lowest BCUT2D eigenvalue weighted by atomic mass is 9.97. The van der Waals surface area contributed by atoms with Gasteiger partial charge in [-0.1, -0.05) is 18.2 Å². The average Bonchev–Trinajstić information content (AvgIpc) is 2.94. The molecule has 0 aliphatic carbocycles. The lowest BCUT2D eigenvalue weighted by Crippen LogP contribution is -2.51. The topological polar surface area (TPSA) is 50.8 Å². The van der Waals surface area contributed by atoms with Crippen molar-refractivity contribution in [3.05, 3.63) is 29.3 Å². The number of carbonyl (C=O) groups excluding carboxylic acids is 1. The Balaban J connectivity index is 1.95. The first kappa shape index (κ1) is 14.3. The summed E-state index contributed by atoms with van der Waals surface area (Å²) in [4.78, 5) is 13.9. The fourth-order valence-corrected chi connectivity index (χ4v) is 3.23. The third-order valence-electron chi connectivity index (χ3n) is 3.90. The average molecular weight is 306 g/mol. The Bertz CT molecular complexity index is 576. The molecule has 1 aromatic carbocycles. The van der Waals surface area contributed by atoms with E-state index in [2.05, 4.69) is 11.4 Å². The molecule has 0 spiro atoms. The number of nitrogens with one attached hydrogen (secondary N) is 1. The van der Waals surface area contributed by atoms with Crippen LogP contribution in [0.4, 0.5) is 0 Å². The molecule has 2 heterocycles. The molecular weight excluding hydrogens is 288 g/mol. The third kappa shape index (κ3) is 2.73. The maximum atomic E-state index is 11.9. The fraction of sp³-hybridized carbons (Fsp3) is 0.467. The van der Waals surface area contributed by atoms with Gasteiger partial charge in [-0.05, 0) is 17.8 Å². The zero-order valence-corrected chi connectivity index (χ0v) is 12.7. The second-order valence-electron chi connectivity index (χ2n) is 5.19. The SMILES string of the molecule is COCCN1C(=S)NC(=O)C[C@@H]1c1cccc2c1OCC2. The Morgan fingerprint density at radius 1 is 1.52 bits per heavy atom. The summed E-state index contributed by atoms with van der Waals surface area (Å²) >= 11 is 5.32. The van der Waals surface area contributed by atoms with Gasteiger partial charge in [-0.3, -0.25) is 4.79 Å². The van der Waals surface area contributed by atoms with Crippen LogP contribution in [0, 0.1) is 0 Å². The minimum absolute atomic E-state index is 0.0470. The number of methoxy groups -OCH3 is 1. The van der Waals surface area contributed by atoms with Crippen LogP contribution < -0.4 is 10.1 Å². The van der Waals surface area contributed by atoms with Gasteiger partial charge in [0.05, 0.1) is 25.7 Å². The van der Waals surface area contributed by atoms with E-state index < -0.39 is 0 Å². The molecule has 2 aliphatic heterocycles. The van der Waals surface area contributed by atoms with Crippen LogP contribution in [0.3, 0.4) is 0 Å². The van der Waals surface area contributed by atoms with Crippen LogP contribution in [0.5, 0.6) is 5.75 Å². The number of amides is 1. The predicted octanol–water partition coefficient (Wildman–Crippen LogP) is 1.42. The number of hydrogen-bond donors (Lipinski definition) is 1. The third-order valence-corrected chi connectivity index (χ3v) is 4.24. The first-order valence-electron chi connectivity index (χ1n) is 7.04. The molecule has 5 nitrogen and oxygen atoms in total. The van der Waals surface area contributed by atoms with Crippen molar-refractivity contribution in [2.45, 2.75) is 18.9 Å². The zero-order chi connectivity index (χ0) is 14.8. The standard InChI is InChI=1S/C15H18N2O3S/c1-19-8-6-17-12(9-13(18)16-15(17)21)11-4-2-3-10-5-7-20-14(10)11/h2-4,12H,5-9H2,1H3,(H,16,18,21)/t12-/m1/s1. The lowest BCUT2D eigenvalue weighted by Gasteiger charge is -2.37. The van der Waals surface area contributed by atoms with Crippen LogP contribution in [-0.4, -0.2) is 42.8 Å². The van der Waals surface area contributed by atoms with Gasteiger partial charge in [-0.15, -0.1) is 0 Å². The summed E-state index contributed by atoms with van der Waals surface area (Å²) in [6.07, 6.45) is 1.30. The van der Waals surface area contributed by atoms with Crippen LogP contribution >= 0.6 is 12.2 Å². The minimum Gasteiger partial charge on any atom is -0.493 e. The zero-order valence-electron chi connectivity index (χ0n) is 11.9. The number of ether oxygens (including phenoxy) is 2. The van der Waals surface area contributed by atoms with Gasteiger partial charge >= 0.3 is 0 Å². The summed E-state index contributed by atoms with van der Waals surface area (Å²) in [5.41, 5.74) is 2.24. The number of rotatable bonds is 4. The van der Waals surface area contributed by atoms with Crippen molar-refractivity contribution in [3.63, 3.8) is 0 Å². The van der Waals surface area contributed by atoms with Crippen LogP contribution in [0.25, 0.3) is 0 Å². The number of benzene rings is 1. The van der Waals surface area contributed by atoms with Crippen LogP contribution in [-0.2, 0) is 16.0 Å². The van der Waals surface area contributed by atoms with Crippen molar-refractivity contribution in [2.75, 3.05) is 26.9 Å². The number of para-hydroxylation sites is 1. The Kier molecular flexibility index (Phi) is 4.07. The highest BCUT2D eigenvalue weighted by molar-refractivity contribution is 7.80. The molecule has 1 saturated heterocycles. The van der Waals surface area contributed by atoms with Crippen molar-refractivity contribution in [2.24, 2.45) is 0 Å². The van der Waals surface area contributed by atoms with Gasteiger partial charge in [0, 0.05) is 25.6 Å². The summed E-state index contributed by atoms with van der Waals surface area (Å²) in [7, 11) is 1.66. The van der Waals surface area contributed by atoms with Gasteiger partial charge < -0.3 is 19.7 Å². The van der Waals surface area contributed by atoms with E-state index in [1.165, 1.54) is 5.56 Å². The monoisotopic (exact) mass is 306 g/mol. The molecular formula is C15H18N2O3S. The highest BCUT2D eigenvalue weighted by atomic mass is 32.1. The van der Waals surface area contributed by atoms with Gasteiger partial charge in [0.15, 0.2) is 5.11 Å². The van der Waals surface area contributed by atoms with Gasteiger partial charge in [-0.25, -0.2) is 0 Å². The molecule has 1 aromatic rings. The van der Waals surface area contributed by atoms with Crippen LogP contribution in [0.1, 0.15) is 23.6 Å². The molecule has 0 unspecified atom stereocenters. The molecule has 1 amide bonds. The largest absolute Gasteiger partial charge is 0.493 e. The van der Waals surface area contributed by atoms with Gasteiger partial charge in [0.1, 0.15) is 5.75 Å². The summed E-state index contributed by atoms with van der Waals surface area (Å²) < 4.78 is 10.9. The molecule has 1 atom stereocenters. The second kappa shape index (κ2) is 5.99. The van der Waals surface area contributed by atoms with Gasteiger partial charge in [0.2, 0.25) is 5.91 Å². The summed E-state index contributed by atoms with van der Waals surface area (Å²) in [6.45, 7) is 1.90. The normalized spacial score (nSPS) is 21.0. The van der Waals surface area contributed by atoms with E-state index >= 15 is 0 Å². The first-order chi connectivity index (χ1) is 10.2. The van der Waals surface area contributed by atoms with E-state index in [4.69, 9.17) is 21.7 Å². The number of carbonyl (C=O) groups is 1. The van der Waals surface area contributed by atoms with Crippen LogP contribution in [0.15, 0.2) is 18.2 Å². The van der Waals surface area contributed by atoms with Crippen molar-refractivity contribution >= 4 is 23.2 Å². The Morgan fingerprint density at radius 3 is 3.19 bits per heavy atom. The molecule has 0 bridgehead atoms. The van der Waals surface area contributed by atoms with Crippen molar-refractivity contribution in [3.8, 4) is 5.75 Å². The van der Waals surface area contributed by atoms with E-state index in [9.17, 15) is 4.79 Å². The molecule has 6 heteroatoms. The highest BCUT2D eigenvalue weighted by Crippen LogP contribution is 2.38. The van der Waals surface area contributed by atoms with E-state index in [-0.39, 0.29) is 11.9 Å². The summed E-state index contributed by atoms with van der Waals surface area (Å²) in [6, 6.07) is 6.03. The Labute approximate surface area is 129 Å². The smallest absolute Gasteiger partial charge is 0.228 e. The number of fused-ring (bicyclic) bond motifs is 1. The van der Waals surface area contributed by atoms with Crippen molar-refractivity contribution in [1.82, 2.24) is 10.2 Å². The number of nitrogens with zero attached hydrogens (tertiary/aromatic N) is 1. The quantitative estimate of drug-likeness (QED) is 0.853.